The van der Waals surface area contributed by atoms with Crippen molar-refractivity contribution >= 4 is 117 Å². The maximum atomic E-state index is 2.49. The standard InChI is InChI=1S/C66H50N2S2/c1-65(2,3)43-25-31-59-55(37-43)53-35-40(47-15-11-17-51-49-13-7-9-19-61(49)69-63(47)51)23-29-57(53)67(59)45-27-21-39-22-28-46(34-42(39)33-45)68-58-30-24-41(36-54(58)56-38-44(66(4,5)6)26-32-60(56)68)48-16-12-18-52-50-14-8-10-20-62(50)70-64(48)52/h7-38H,1-6H3. The van der Waals surface area contributed by atoms with Crippen molar-refractivity contribution in [3.05, 3.63) is 205 Å². The summed E-state index contributed by atoms with van der Waals surface area (Å²) in [5, 5.41) is 12.8. The van der Waals surface area contributed by atoms with Gasteiger partial charge in [-0.3, -0.25) is 0 Å². The summed E-state index contributed by atoms with van der Waals surface area (Å²) in [4.78, 5) is 0. The number of hydrogen-bond donors (Lipinski definition) is 0. The molecule has 70 heavy (non-hydrogen) atoms. The van der Waals surface area contributed by atoms with E-state index in [0.717, 1.165) is 11.4 Å². The average molecular weight is 935 g/mol. The molecule has 4 heteroatoms. The average Bonchev–Trinajstić information content (AvgIpc) is 4.12. The monoisotopic (exact) mass is 934 g/mol. The van der Waals surface area contributed by atoms with Crippen molar-refractivity contribution < 1.29 is 0 Å². The third-order valence-electron chi connectivity index (χ3n) is 15.0. The number of fused-ring (bicyclic) bond motifs is 13. The Morgan fingerprint density at radius 3 is 1.16 bits per heavy atom. The third kappa shape index (κ3) is 6.29. The minimum absolute atomic E-state index is 0.0121. The molecule has 0 aliphatic heterocycles. The van der Waals surface area contributed by atoms with Crippen LogP contribution in [0, 0.1) is 0 Å². The Hall–Kier alpha value is -7.50. The highest BCUT2D eigenvalue weighted by Gasteiger charge is 2.22. The summed E-state index contributed by atoms with van der Waals surface area (Å²) in [6.45, 7) is 13.9. The van der Waals surface area contributed by atoms with Gasteiger partial charge in [0, 0.05) is 73.3 Å². The van der Waals surface area contributed by atoms with Crippen LogP contribution in [0.5, 0.6) is 0 Å². The first-order valence-corrected chi connectivity index (χ1v) is 26.1. The minimum Gasteiger partial charge on any atom is -0.309 e. The first-order valence-electron chi connectivity index (χ1n) is 24.5. The van der Waals surface area contributed by atoms with Crippen molar-refractivity contribution in [2.75, 3.05) is 0 Å². The van der Waals surface area contributed by atoms with Crippen LogP contribution in [0.2, 0.25) is 0 Å². The molecule has 0 fully saturated rings. The largest absolute Gasteiger partial charge is 0.309 e. The van der Waals surface area contributed by atoms with E-state index in [-0.39, 0.29) is 10.8 Å². The molecule has 10 aromatic carbocycles. The van der Waals surface area contributed by atoms with Crippen LogP contribution in [0.3, 0.4) is 0 Å². The highest BCUT2D eigenvalue weighted by atomic mass is 32.1. The molecule has 336 valence electrons. The zero-order valence-electron chi connectivity index (χ0n) is 40.2. The summed E-state index contributed by atoms with van der Waals surface area (Å²) >= 11 is 3.79. The molecule has 0 saturated heterocycles. The molecular weight excluding hydrogens is 885 g/mol. The van der Waals surface area contributed by atoms with Gasteiger partial charge in [0.2, 0.25) is 0 Å². The fraction of sp³-hybridized carbons (Fsp3) is 0.121. The van der Waals surface area contributed by atoms with E-state index in [4.69, 9.17) is 0 Å². The predicted molar refractivity (Wildman–Crippen MR) is 307 cm³/mol. The fourth-order valence-electron chi connectivity index (χ4n) is 11.3. The van der Waals surface area contributed by atoms with Gasteiger partial charge in [-0.2, -0.15) is 0 Å². The molecule has 4 heterocycles. The van der Waals surface area contributed by atoms with Gasteiger partial charge in [-0.15, -0.1) is 22.7 Å². The Balaban J connectivity index is 0.944. The van der Waals surface area contributed by atoms with Crippen LogP contribution in [0.15, 0.2) is 194 Å². The summed E-state index contributed by atoms with van der Waals surface area (Å²) in [7, 11) is 0. The van der Waals surface area contributed by atoms with Crippen LogP contribution in [0.1, 0.15) is 52.7 Å². The number of benzene rings is 10. The number of hydrogen-bond acceptors (Lipinski definition) is 2. The first kappa shape index (κ1) is 41.5. The molecule has 4 aromatic heterocycles. The second-order valence-corrected chi connectivity index (χ2v) is 23.5. The van der Waals surface area contributed by atoms with Gasteiger partial charge in [0.05, 0.1) is 22.1 Å². The predicted octanol–water partition coefficient (Wildman–Crippen LogP) is 19.7. The molecule has 0 atom stereocenters. The van der Waals surface area contributed by atoms with Gasteiger partial charge in [-0.1, -0.05) is 151 Å². The highest BCUT2D eigenvalue weighted by Crippen LogP contribution is 2.45. The first-order chi connectivity index (χ1) is 33.9. The summed E-state index contributed by atoms with van der Waals surface area (Å²) in [5.41, 5.74) is 14.9. The lowest BCUT2D eigenvalue weighted by Gasteiger charge is -2.19. The van der Waals surface area contributed by atoms with Crippen LogP contribution in [-0.4, -0.2) is 9.13 Å². The van der Waals surface area contributed by atoms with Crippen LogP contribution >= 0.6 is 22.7 Å². The molecule has 0 bridgehead atoms. The number of rotatable bonds is 4. The maximum Gasteiger partial charge on any atom is 0.0541 e. The van der Waals surface area contributed by atoms with E-state index in [1.54, 1.807) is 0 Å². The van der Waals surface area contributed by atoms with Crippen molar-refractivity contribution in [1.29, 1.82) is 0 Å². The van der Waals surface area contributed by atoms with Crippen molar-refractivity contribution in [3.63, 3.8) is 0 Å². The van der Waals surface area contributed by atoms with Gasteiger partial charge in [0.1, 0.15) is 0 Å². The molecular formula is C66H50N2S2. The summed E-state index contributed by atoms with van der Waals surface area (Å²) < 4.78 is 10.3. The zero-order chi connectivity index (χ0) is 47.2. The molecule has 0 spiro atoms. The Bertz CT molecular complexity index is 4210. The van der Waals surface area contributed by atoms with Crippen molar-refractivity contribution in [1.82, 2.24) is 9.13 Å². The summed E-state index contributed by atoms with van der Waals surface area (Å²) in [6, 6.07) is 73.7. The van der Waals surface area contributed by atoms with Crippen LogP contribution in [-0.2, 0) is 10.8 Å². The second-order valence-electron chi connectivity index (χ2n) is 21.4. The van der Waals surface area contributed by atoms with Gasteiger partial charge in [-0.25, -0.2) is 0 Å². The highest BCUT2D eigenvalue weighted by molar-refractivity contribution is 7.26. The molecule has 0 saturated carbocycles. The van der Waals surface area contributed by atoms with E-state index in [9.17, 15) is 0 Å². The Morgan fingerprint density at radius 1 is 0.314 bits per heavy atom. The minimum atomic E-state index is 0.0121. The van der Waals surface area contributed by atoms with Gasteiger partial charge >= 0.3 is 0 Å². The molecule has 14 aromatic rings. The van der Waals surface area contributed by atoms with E-state index in [0.29, 0.717) is 0 Å². The zero-order valence-corrected chi connectivity index (χ0v) is 41.8. The molecule has 0 N–H and O–H groups in total. The number of nitrogens with zero attached hydrogens (tertiary/aromatic N) is 2. The fourth-order valence-corrected chi connectivity index (χ4v) is 13.8. The van der Waals surface area contributed by atoms with Gasteiger partial charge in [0.25, 0.3) is 0 Å². The van der Waals surface area contributed by atoms with Crippen LogP contribution < -0.4 is 0 Å². The number of aromatic nitrogens is 2. The van der Waals surface area contributed by atoms with Crippen LogP contribution in [0.25, 0.3) is 128 Å². The van der Waals surface area contributed by atoms with E-state index < -0.39 is 0 Å². The molecule has 0 aliphatic rings. The third-order valence-corrected chi connectivity index (χ3v) is 17.5. The van der Waals surface area contributed by atoms with Gasteiger partial charge < -0.3 is 9.13 Å². The Kier molecular flexibility index (Phi) is 8.89. The lowest BCUT2D eigenvalue weighted by atomic mass is 9.86. The van der Waals surface area contributed by atoms with E-state index in [2.05, 4.69) is 245 Å². The lowest BCUT2D eigenvalue weighted by molar-refractivity contribution is 0.591. The van der Waals surface area contributed by atoms with E-state index >= 15 is 0 Å². The molecule has 0 amide bonds. The van der Waals surface area contributed by atoms with Gasteiger partial charge in [-0.05, 0) is 140 Å². The SMILES string of the molecule is CC(C)(C)c1ccc2c(c1)c1cc(-c3cccc4c3sc3ccccc34)ccc1n2-c1ccc2ccc(-n3c4ccc(-c5cccc6c5sc5ccccc56)cc4c4cc(C(C)(C)C)ccc43)cc2c1. The normalized spacial score (nSPS) is 12.7. The van der Waals surface area contributed by atoms with Crippen molar-refractivity contribution in [3.8, 4) is 33.6 Å². The molecule has 2 nitrogen and oxygen atoms in total. The second kappa shape index (κ2) is 15.0. The number of thiophene rings is 2. The van der Waals surface area contributed by atoms with Crippen molar-refractivity contribution in [2.24, 2.45) is 0 Å². The van der Waals surface area contributed by atoms with Crippen molar-refractivity contribution in [2.45, 2.75) is 52.4 Å². The molecule has 0 aliphatic carbocycles. The topological polar surface area (TPSA) is 9.86 Å². The Labute approximate surface area is 415 Å². The maximum absolute atomic E-state index is 2.49. The summed E-state index contributed by atoms with van der Waals surface area (Å²) in [5.74, 6) is 0. The lowest BCUT2D eigenvalue weighted by Crippen LogP contribution is -2.10. The van der Waals surface area contributed by atoms with E-state index in [1.807, 2.05) is 22.7 Å². The molecule has 14 rings (SSSR count). The van der Waals surface area contributed by atoms with Gasteiger partial charge in [0.15, 0.2) is 0 Å². The molecule has 0 unspecified atom stereocenters. The molecule has 0 radical (unpaired) electrons. The summed E-state index contributed by atoms with van der Waals surface area (Å²) in [6.07, 6.45) is 0. The smallest absolute Gasteiger partial charge is 0.0541 e. The Morgan fingerprint density at radius 2 is 0.714 bits per heavy atom. The quantitative estimate of drug-likeness (QED) is 0.166. The van der Waals surface area contributed by atoms with Crippen LogP contribution in [0.4, 0.5) is 0 Å². The van der Waals surface area contributed by atoms with E-state index in [1.165, 1.54) is 128 Å².